The van der Waals surface area contributed by atoms with E-state index in [0.717, 1.165) is 32.6 Å². The van der Waals surface area contributed by atoms with Gasteiger partial charge in [0.15, 0.2) is 0 Å². The minimum atomic E-state index is -0.833. The largest absolute Gasteiger partial charge is 0.481 e. The Balaban J connectivity index is -0.0000000358. The maximum atomic E-state index is 9.00. The van der Waals surface area contributed by atoms with Gasteiger partial charge < -0.3 is 22.7 Å². The van der Waals surface area contributed by atoms with Crippen LogP contribution in [0.15, 0.2) is 0 Å². The second-order valence-electron chi connectivity index (χ2n) is 2.67. The number of aliphatic carboxylic acids is 1. The first kappa shape index (κ1) is 29.9. The first-order chi connectivity index (χ1) is 6.56. The van der Waals surface area contributed by atoms with Crippen LogP contribution in [0.3, 0.4) is 0 Å². The molecule has 0 rings (SSSR count). The van der Waals surface area contributed by atoms with Crippen LogP contribution in [0.25, 0.3) is 0 Å². The van der Waals surface area contributed by atoms with Crippen molar-refractivity contribution in [2.75, 3.05) is 13.2 Å². The van der Waals surface area contributed by atoms with E-state index >= 15 is 0 Å². The fourth-order valence-corrected chi connectivity index (χ4v) is 0.316. The van der Waals surface area contributed by atoms with Crippen molar-refractivity contribution >= 4 is 5.97 Å². The van der Waals surface area contributed by atoms with Gasteiger partial charge in [-0.15, -0.1) is 0 Å². The summed E-state index contributed by atoms with van der Waals surface area (Å²) in [6.07, 6.45) is 4.08. The van der Waals surface area contributed by atoms with Crippen LogP contribution in [0.4, 0.5) is 0 Å². The summed E-state index contributed by atoms with van der Waals surface area (Å²) in [5, 5.41) is 23.5. The zero-order valence-corrected chi connectivity index (χ0v) is 13.5. The Morgan fingerprint density at radius 1 is 1.00 bits per heavy atom. The molecule has 0 saturated carbocycles. The number of hydrogen-bond acceptors (Lipinski definition) is 3. The van der Waals surface area contributed by atoms with Crippen LogP contribution >= 0.6 is 0 Å². The van der Waals surface area contributed by atoms with Crippen molar-refractivity contribution < 1.29 is 46.3 Å². The molecule has 0 aliphatic carbocycles. The summed E-state index contributed by atoms with van der Waals surface area (Å²) in [4.78, 5) is 9.00. The van der Waals surface area contributed by atoms with Crippen LogP contribution in [0, 0.1) is 7.43 Å². The Hall–Kier alpha value is 0.273. The number of unbranched alkanes of at least 4 members (excludes halogenated alkanes) is 2. The van der Waals surface area contributed by atoms with Gasteiger partial charge in [0.1, 0.15) is 0 Å². The molecule has 0 saturated heterocycles. The molecule has 0 unspecified atom stereocenters. The molecule has 100 valence electrons. The van der Waals surface area contributed by atoms with Crippen molar-refractivity contribution in [1.82, 2.24) is 0 Å². The molecule has 0 amide bonds. The Morgan fingerprint density at radius 3 is 1.19 bits per heavy atom. The molecular weight excluding hydrogens is 287 g/mol. The van der Waals surface area contributed by atoms with E-state index in [9.17, 15) is 0 Å². The molecular formula is C11H27O4Zr-. The average Bonchev–Trinajstić information content (AvgIpc) is 2.07. The van der Waals surface area contributed by atoms with Crippen molar-refractivity contribution in [3.63, 3.8) is 0 Å². The zero-order valence-electron chi connectivity index (χ0n) is 11.0. The second-order valence-corrected chi connectivity index (χ2v) is 2.67. The minimum absolute atomic E-state index is 0. The van der Waals surface area contributed by atoms with Crippen LogP contribution in [-0.2, 0) is 31.0 Å². The van der Waals surface area contributed by atoms with E-state index in [1.165, 1.54) is 0 Å². The number of carboxylic acids is 1. The molecule has 0 aromatic heterocycles. The molecule has 0 fully saturated rings. The second kappa shape index (κ2) is 36.2. The van der Waals surface area contributed by atoms with E-state index in [1.54, 1.807) is 0 Å². The van der Waals surface area contributed by atoms with Crippen LogP contribution in [0.5, 0.6) is 0 Å². The van der Waals surface area contributed by atoms with Crippen molar-refractivity contribution in [3.05, 3.63) is 7.43 Å². The predicted octanol–water partition coefficient (Wildman–Crippen LogP) is 2.10. The molecule has 0 radical (unpaired) electrons. The molecule has 3 N–H and O–H groups in total. The SMILES string of the molecule is CC(=O)O.CCCCO.CCCCO.[CH3-].[Zr]. The van der Waals surface area contributed by atoms with E-state index in [4.69, 9.17) is 20.1 Å². The van der Waals surface area contributed by atoms with Gasteiger partial charge in [-0.1, -0.05) is 26.7 Å². The number of carboxylic acid groups (broad SMARTS) is 1. The van der Waals surface area contributed by atoms with Gasteiger partial charge in [0.05, 0.1) is 0 Å². The molecule has 0 aliphatic heterocycles. The van der Waals surface area contributed by atoms with E-state index in [1.807, 2.05) is 0 Å². The monoisotopic (exact) mass is 313 g/mol. The van der Waals surface area contributed by atoms with Gasteiger partial charge in [0.25, 0.3) is 5.97 Å². The zero-order chi connectivity index (χ0) is 11.8. The van der Waals surface area contributed by atoms with Crippen molar-refractivity contribution in [3.8, 4) is 0 Å². The average molecular weight is 315 g/mol. The van der Waals surface area contributed by atoms with Crippen molar-refractivity contribution in [2.45, 2.75) is 46.5 Å². The molecule has 16 heavy (non-hydrogen) atoms. The summed E-state index contributed by atoms with van der Waals surface area (Å²) < 4.78 is 0. The molecule has 0 aromatic rings. The number of aliphatic hydroxyl groups excluding tert-OH is 2. The van der Waals surface area contributed by atoms with Crippen molar-refractivity contribution in [1.29, 1.82) is 0 Å². The summed E-state index contributed by atoms with van der Waals surface area (Å²) in [6, 6.07) is 0. The van der Waals surface area contributed by atoms with Gasteiger partial charge in [-0.05, 0) is 12.8 Å². The van der Waals surface area contributed by atoms with Gasteiger partial charge in [-0.25, -0.2) is 0 Å². The summed E-state index contributed by atoms with van der Waals surface area (Å²) >= 11 is 0. The minimum Gasteiger partial charge on any atom is -0.481 e. The third-order valence-electron chi connectivity index (χ3n) is 1.02. The first-order valence-corrected chi connectivity index (χ1v) is 4.97. The number of carbonyl (C=O) groups is 1. The quantitative estimate of drug-likeness (QED) is 0.694. The molecule has 0 bridgehead atoms. The molecule has 0 aromatic carbocycles. The predicted molar refractivity (Wildman–Crippen MR) is 63.7 cm³/mol. The van der Waals surface area contributed by atoms with E-state index in [0.29, 0.717) is 13.2 Å². The standard InChI is InChI=1S/2C4H10O.C2H4O2.CH3.Zr/c2*1-2-3-4-5;1-2(3)4;;/h2*5H,2-4H2,1H3;1H3,(H,3,4);1H3;/q;;;-1;. The molecule has 0 atom stereocenters. The topological polar surface area (TPSA) is 77.8 Å². The molecule has 0 aliphatic rings. The van der Waals surface area contributed by atoms with Gasteiger partial charge in [0.2, 0.25) is 0 Å². The van der Waals surface area contributed by atoms with E-state index in [2.05, 4.69) is 13.8 Å². The van der Waals surface area contributed by atoms with Crippen LogP contribution in [-0.4, -0.2) is 34.5 Å². The molecule has 4 nitrogen and oxygen atoms in total. The van der Waals surface area contributed by atoms with Gasteiger partial charge in [0, 0.05) is 46.3 Å². The first-order valence-electron chi connectivity index (χ1n) is 4.97. The van der Waals surface area contributed by atoms with Gasteiger partial charge in [-0.2, -0.15) is 0 Å². The summed E-state index contributed by atoms with van der Waals surface area (Å²) in [5.74, 6) is -0.833. The summed E-state index contributed by atoms with van der Waals surface area (Å²) in [7, 11) is 0. The Labute approximate surface area is 119 Å². The fraction of sp³-hybridized carbons (Fsp3) is 0.818. The van der Waals surface area contributed by atoms with Crippen LogP contribution in [0.2, 0.25) is 0 Å². The Kier molecular flexibility index (Phi) is 67.6. The van der Waals surface area contributed by atoms with E-state index < -0.39 is 5.97 Å². The third-order valence-corrected chi connectivity index (χ3v) is 1.02. The van der Waals surface area contributed by atoms with Gasteiger partial charge >= 0.3 is 0 Å². The molecule has 0 spiro atoms. The molecule has 0 heterocycles. The normalized spacial score (nSPS) is 6.81. The van der Waals surface area contributed by atoms with Gasteiger partial charge in [-0.3, -0.25) is 4.79 Å². The fourth-order valence-electron chi connectivity index (χ4n) is 0.316. The smallest absolute Gasteiger partial charge is 0.300 e. The number of rotatable bonds is 4. The van der Waals surface area contributed by atoms with E-state index in [-0.39, 0.29) is 33.6 Å². The summed E-state index contributed by atoms with van der Waals surface area (Å²) in [6.45, 7) is 5.87. The van der Waals surface area contributed by atoms with Crippen LogP contribution in [0.1, 0.15) is 46.5 Å². The maximum Gasteiger partial charge on any atom is 0.300 e. The number of hydrogen-bond donors (Lipinski definition) is 3. The Bertz CT molecular complexity index is 86.0. The maximum absolute atomic E-state index is 9.00. The van der Waals surface area contributed by atoms with Crippen molar-refractivity contribution in [2.24, 2.45) is 0 Å². The third kappa shape index (κ3) is 138. The van der Waals surface area contributed by atoms with Crippen LogP contribution < -0.4 is 0 Å². The Morgan fingerprint density at radius 2 is 1.19 bits per heavy atom. The number of aliphatic hydroxyl groups is 2. The molecule has 5 heteroatoms. The summed E-state index contributed by atoms with van der Waals surface area (Å²) in [5.41, 5.74) is 0.